The van der Waals surface area contributed by atoms with E-state index in [9.17, 15) is 13.2 Å². The van der Waals surface area contributed by atoms with E-state index in [1.165, 1.54) is 12.1 Å². The molecule has 5 nitrogen and oxygen atoms in total. The van der Waals surface area contributed by atoms with Crippen LogP contribution in [0.3, 0.4) is 0 Å². The Morgan fingerprint density at radius 2 is 1.50 bits per heavy atom. The average Bonchev–Trinajstić information content (AvgIpc) is 2.33. The summed E-state index contributed by atoms with van der Waals surface area (Å²) < 4.78 is 72.7. The fourth-order valence-electron chi connectivity index (χ4n) is 1.13. The van der Waals surface area contributed by atoms with Crippen LogP contribution in [0.1, 0.15) is 11.1 Å². The molecule has 1 aromatic rings. The Balaban J connectivity index is 0.000000763. The molecule has 0 N–H and O–H groups in total. The summed E-state index contributed by atoms with van der Waals surface area (Å²) in [4.78, 5) is 0. The van der Waals surface area contributed by atoms with E-state index >= 15 is 0 Å². The number of benzene rings is 1. The van der Waals surface area contributed by atoms with Gasteiger partial charge in [-0.1, -0.05) is 23.7 Å². The van der Waals surface area contributed by atoms with Crippen LogP contribution in [0.2, 0.25) is 0 Å². The molecule has 0 aromatic heterocycles. The van der Waals surface area contributed by atoms with E-state index in [-0.39, 0.29) is 0 Å². The molecule has 0 amide bonds. The highest BCUT2D eigenvalue weighted by molar-refractivity contribution is 6.49. The second kappa shape index (κ2) is 8.47. The number of allylic oxidation sites excluding steroid dienone is 1. The number of rotatable bonds is 2. The highest BCUT2D eigenvalue weighted by atomic mass is 35.7. The van der Waals surface area contributed by atoms with Crippen molar-refractivity contribution in [2.75, 3.05) is 14.1 Å². The topological polar surface area (TPSA) is 95.2 Å². The Labute approximate surface area is 131 Å². The SMILES string of the molecule is C[N+](C)=C/C=C(/Cl)c1ccc(C(F)(F)F)cc1.[O-][Cl+3]([O-])([O-])[O-]. The summed E-state index contributed by atoms with van der Waals surface area (Å²) in [6.45, 7) is 0. The van der Waals surface area contributed by atoms with Crippen molar-refractivity contribution < 1.29 is 46.6 Å². The van der Waals surface area contributed by atoms with E-state index in [1.54, 1.807) is 16.9 Å². The monoisotopic (exact) mass is 361 g/mol. The lowest BCUT2D eigenvalue weighted by Gasteiger charge is -2.17. The van der Waals surface area contributed by atoms with Gasteiger partial charge in [-0.2, -0.15) is 13.2 Å². The van der Waals surface area contributed by atoms with Crippen LogP contribution in [0.25, 0.3) is 5.03 Å². The van der Waals surface area contributed by atoms with Gasteiger partial charge in [-0.15, -0.1) is 10.2 Å². The van der Waals surface area contributed by atoms with Crippen molar-refractivity contribution in [3.63, 3.8) is 0 Å². The number of hydrogen-bond donors (Lipinski definition) is 0. The van der Waals surface area contributed by atoms with Gasteiger partial charge in [0.05, 0.1) is 10.6 Å². The zero-order valence-electron chi connectivity index (χ0n) is 11.4. The molecule has 1 aromatic carbocycles. The van der Waals surface area contributed by atoms with Gasteiger partial charge in [0.15, 0.2) is 6.21 Å². The highest BCUT2D eigenvalue weighted by Crippen LogP contribution is 2.30. The van der Waals surface area contributed by atoms with Gasteiger partial charge in [-0.25, -0.2) is 23.2 Å². The quantitative estimate of drug-likeness (QED) is 0.492. The van der Waals surface area contributed by atoms with E-state index < -0.39 is 22.0 Å². The van der Waals surface area contributed by atoms with Crippen LogP contribution >= 0.6 is 11.6 Å². The smallest absolute Gasteiger partial charge is 0.241 e. The number of halogens is 5. The molecular formula is C12H12Cl2F3NO4. The van der Waals surface area contributed by atoms with E-state index in [1.807, 2.05) is 14.1 Å². The Hall–Kier alpha value is -1.16. The third-order valence-electron chi connectivity index (χ3n) is 2.01. The van der Waals surface area contributed by atoms with E-state index in [0.717, 1.165) is 12.1 Å². The lowest BCUT2D eigenvalue weighted by molar-refractivity contribution is -2.00. The van der Waals surface area contributed by atoms with Crippen LogP contribution in [-0.2, 0) is 6.18 Å². The minimum absolute atomic E-state index is 0.396. The molecular weight excluding hydrogens is 350 g/mol. The molecule has 0 saturated carbocycles. The molecule has 22 heavy (non-hydrogen) atoms. The summed E-state index contributed by atoms with van der Waals surface area (Å²) in [5, 5.41) is 0.396. The van der Waals surface area contributed by atoms with Gasteiger partial charge in [0.2, 0.25) is 0 Å². The van der Waals surface area contributed by atoms with E-state index in [2.05, 4.69) is 0 Å². The number of nitrogens with zero attached hydrogens (tertiary/aromatic N) is 1. The third kappa shape index (κ3) is 10.6. The Morgan fingerprint density at radius 1 is 1.09 bits per heavy atom. The van der Waals surface area contributed by atoms with Crippen molar-refractivity contribution in [1.29, 1.82) is 0 Å². The van der Waals surface area contributed by atoms with Gasteiger partial charge < -0.3 is 0 Å². The fourth-order valence-corrected chi connectivity index (χ4v) is 1.31. The average molecular weight is 362 g/mol. The first-order chi connectivity index (χ1) is 9.80. The Bertz CT molecular complexity index is 527. The standard InChI is InChI=1S/C12H12ClF3N.ClHO4/c1-17(2)8-7-11(13)9-3-5-10(6-4-9)12(14,15)16;2-1(3,4)5/h3-8H,1-2H3;(H,2,3,4,5)/q+1;/p-1/b11-7+;. The van der Waals surface area contributed by atoms with Gasteiger partial charge in [-0.05, 0) is 17.7 Å². The van der Waals surface area contributed by atoms with Crippen LogP contribution in [-0.4, -0.2) is 24.9 Å². The largest absolute Gasteiger partial charge is 0.416 e. The maximum Gasteiger partial charge on any atom is 0.416 e. The first-order valence-corrected chi connectivity index (χ1v) is 7.08. The van der Waals surface area contributed by atoms with Crippen LogP contribution in [0.4, 0.5) is 13.2 Å². The molecule has 0 radical (unpaired) electrons. The maximum absolute atomic E-state index is 12.3. The van der Waals surface area contributed by atoms with Crippen molar-refractivity contribution >= 4 is 22.8 Å². The van der Waals surface area contributed by atoms with Crippen molar-refractivity contribution in [1.82, 2.24) is 0 Å². The molecule has 0 spiro atoms. The minimum atomic E-state index is -4.94. The number of alkyl halides is 3. The molecule has 0 unspecified atom stereocenters. The molecule has 0 bridgehead atoms. The van der Waals surface area contributed by atoms with E-state index in [4.69, 9.17) is 30.2 Å². The first-order valence-electron chi connectivity index (χ1n) is 5.47. The van der Waals surface area contributed by atoms with Crippen LogP contribution in [0, 0.1) is 10.2 Å². The molecule has 1 rings (SSSR count). The fraction of sp³-hybridized carbons (Fsp3) is 0.250. The second-order valence-electron chi connectivity index (χ2n) is 4.08. The molecule has 10 heteroatoms. The van der Waals surface area contributed by atoms with Gasteiger partial charge >= 0.3 is 6.18 Å². The molecule has 0 saturated heterocycles. The second-order valence-corrected chi connectivity index (χ2v) is 5.24. The van der Waals surface area contributed by atoms with Crippen molar-refractivity contribution in [3.8, 4) is 0 Å². The molecule has 124 valence electrons. The highest BCUT2D eigenvalue weighted by Gasteiger charge is 2.29. The van der Waals surface area contributed by atoms with Gasteiger partial charge in [-0.3, -0.25) is 0 Å². The van der Waals surface area contributed by atoms with Gasteiger partial charge in [0, 0.05) is 6.08 Å². The number of hydrogen-bond acceptors (Lipinski definition) is 4. The summed E-state index contributed by atoms with van der Waals surface area (Å²) in [5.41, 5.74) is -0.125. The lowest BCUT2D eigenvalue weighted by Crippen LogP contribution is -2.68. The van der Waals surface area contributed by atoms with Gasteiger partial charge in [0.1, 0.15) is 14.1 Å². The van der Waals surface area contributed by atoms with Gasteiger partial charge in [0.25, 0.3) is 0 Å². The molecule has 0 aliphatic heterocycles. The molecule has 0 fully saturated rings. The predicted molar refractivity (Wildman–Crippen MR) is 63.4 cm³/mol. The van der Waals surface area contributed by atoms with Crippen molar-refractivity contribution in [2.24, 2.45) is 0 Å². The lowest BCUT2D eigenvalue weighted by atomic mass is 10.1. The molecule has 0 atom stereocenters. The summed E-state index contributed by atoms with van der Waals surface area (Å²) >= 11 is 5.94. The summed E-state index contributed by atoms with van der Waals surface area (Å²) in [6.07, 6.45) is -0.964. The summed E-state index contributed by atoms with van der Waals surface area (Å²) in [5.74, 6) is 0. The summed E-state index contributed by atoms with van der Waals surface area (Å²) in [7, 11) is -1.29. The third-order valence-corrected chi connectivity index (χ3v) is 2.35. The molecule has 0 aliphatic rings. The van der Waals surface area contributed by atoms with Crippen LogP contribution < -0.4 is 18.6 Å². The summed E-state index contributed by atoms with van der Waals surface area (Å²) in [6, 6.07) is 4.73. The zero-order valence-corrected chi connectivity index (χ0v) is 12.9. The normalized spacial score (nSPS) is 12.4. The van der Waals surface area contributed by atoms with Crippen LogP contribution in [0.15, 0.2) is 30.3 Å². The molecule has 0 aliphatic carbocycles. The minimum Gasteiger partial charge on any atom is -0.241 e. The van der Waals surface area contributed by atoms with Crippen molar-refractivity contribution in [2.45, 2.75) is 6.18 Å². The predicted octanol–water partition coefficient (Wildman–Crippen LogP) is -1.13. The zero-order chi connectivity index (χ0) is 17.6. The molecule has 0 heterocycles. The van der Waals surface area contributed by atoms with E-state index in [0.29, 0.717) is 10.6 Å². The first kappa shape index (κ1) is 20.8. The van der Waals surface area contributed by atoms with Crippen molar-refractivity contribution in [3.05, 3.63) is 41.5 Å². The Morgan fingerprint density at radius 3 is 1.82 bits per heavy atom. The maximum atomic E-state index is 12.3. The van der Waals surface area contributed by atoms with Crippen LogP contribution in [0.5, 0.6) is 0 Å². The Kier molecular flexibility index (Phi) is 8.02.